The quantitative estimate of drug-likeness (QED) is 0.0243. The van der Waals surface area contributed by atoms with E-state index < -0.39 is 20.0 Å². The van der Waals surface area contributed by atoms with Gasteiger partial charge in [0.15, 0.2) is 0 Å². The van der Waals surface area contributed by atoms with E-state index in [1.54, 1.807) is 6.08 Å². The minimum absolute atomic E-state index is 0.0356. The van der Waals surface area contributed by atoms with Gasteiger partial charge >= 0.3 is 7.82 Å². The number of phosphoric ester groups is 1. The van der Waals surface area contributed by atoms with Gasteiger partial charge in [-0.15, -0.1) is 0 Å². The summed E-state index contributed by atoms with van der Waals surface area (Å²) in [6.07, 6.45) is 89.3. The largest absolute Gasteiger partial charge is 0.472 e. The molecule has 0 saturated carbocycles. The molecule has 0 bridgehead atoms. The smallest absolute Gasteiger partial charge is 0.387 e. The van der Waals surface area contributed by atoms with E-state index in [2.05, 4.69) is 165 Å². The highest BCUT2D eigenvalue weighted by Gasteiger charge is 2.27. The molecule has 3 atom stereocenters. The van der Waals surface area contributed by atoms with Crippen LogP contribution in [0.1, 0.15) is 213 Å². The molecular formula is C68H114N2O6P+. The second-order valence-electron chi connectivity index (χ2n) is 21.0. The number of phosphoric acid groups is 1. The highest BCUT2D eigenvalue weighted by molar-refractivity contribution is 7.47. The van der Waals surface area contributed by atoms with E-state index >= 15 is 0 Å². The summed E-state index contributed by atoms with van der Waals surface area (Å²) in [6.45, 7) is 4.62. The van der Waals surface area contributed by atoms with Crippen LogP contribution in [0.5, 0.6) is 0 Å². The number of nitrogens with one attached hydrogen (secondary N) is 1. The molecule has 0 rings (SSSR count). The minimum atomic E-state index is -4.39. The van der Waals surface area contributed by atoms with Crippen molar-refractivity contribution < 1.29 is 32.9 Å². The Bertz CT molecular complexity index is 1810. The Morgan fingerprint density at radius 2 is 0.792 bits per heavy atom. The number of aliphatic hydroxyl groups is 1. The van der Waals surface area contributed by atoms with Crippen LogP contribution in [0.25, 0.3) is 0 Å². The molecule has 0 radical (unpaired) electrons. The molecule has 0 aromatic heterocycles. The second-order valence-corrected chi connectivity index (χ2v) is 22.4. The number of quaternary nitrogens is 1. The summed E-state index contributed by atoms with van der Waals surface area (Å²) < 4.78 is 23.7. The molecule has 77 heavy (non-hydrogen) atoms. The molecule has 9 heteroatoms. The number of carbonyl (C=O) groups is 1. The molecule has 0 aliphatic carbocycles. The fourth-order valence-electron chi connectivity index (χ4n) is 7.75. The van der Waals surface area contributed by atoms with Gasteiger partial charge in [0.05, 0.1) is 39.9 Å². The third-order valence-electron chi connectivity index (χ3n) is 12.5. The molecular weight excluding hydrogens is 972 g/mol. The third-order valence-corrected chi connectivity index (χ3v) is 13.4. The summed E-state index contributed by atoms with van der Waals surface area (Å²) in [7, 11) is 1.49. The van der Waals surface area contributed by atoms with Crippen LogP contribution in [-0.2, 0) is 18.4 Å². The van der Waals surface area contributed by atoms with Crippen LogP contribution in [0, 0.1) is 0 Å². The van der Waals surface area contributed by atoms with Gasteiger partial charge in [0.1, 0.15) is 13.2 Å². The lowest BCUT2D eigenvalue weighted by molar-refractivity contribution is -0.870. The third kappa shape index (κ3) is 59.6. The first-order valence-corrected chi connectivity index (χ1v) is 31.9. The lowest BCUT2D eigenvalue weighted by Gasteiger charge is -2.25. The highest BCUT2D eigenvalue weighted by Crippen LogP contribution is 2.43. The Labute approximate surface area is 473 Å². The van der Waals surface area contributed by atoms with Crippen LogP contribution in [0.15, 0.2) is 158 Å². The normalized spacial score (nSPS) is 14.9. The van der Waals surface area contributed by atoms with Gasteiger partial charge in [-0.3, -0.25) is 13.8 Å². The first-order chi connectivity index (χ1) is 37.5. The first kappa shape index (κ1) is 73.1. The van der Waals surface area contributed by atoms with Crippen LogP contribution >= 0.6 is 7.82 Å². The van der Waals surface area contributed by atoms with Crippen molar-refractivity contribution >= 4 is 13.7 Å². The number of nitrogens with zero attached hydrogens (tertiary/aromatic N) is 1. The van der Waals surface area contributed by atoms with Crippen molar-refractivity contribution in [3.8, 4) is 0 Å². The maximum Gasteiger partial charge on any atom is 0.472 e. The number of unbranched alkanes of at least 4 members (excludes halogenated alkanes) is 16. The van der Waals surface area contributed by atoms with E-state index in [1.165, 1.54) is 83.5 Å². The van der Waals surface area contributed by atoms with Gasteiger partial charge in [-0.2, -0.15) is 0 Å². The number of likely N-dealkylation sites (N-methyl/N-ethyl adjacent to an activating group) is 1. The van der Waals surface area contributed by atoms with Crippen molar-refractivity contribution in [1.29, 1.82) is 0 Å². The molecule has 3 N–H and O–H groups in total. The van der Waals surface area contributed by atoms with Crippen LogP contribution < -0.4 is 5.32 Å². The number of amides is 1. The monoisotopic (exact) mass is 1090 g/mol. The van der Waals surface area contributed by atoms with Gasteiger partial charge in [-0.05, 0) is 122 Å². The van der Waals surface area contributed by atoms with E-state index in [1.807, 2.05) is 27.2 Å². The van der Waals surface area contributed by atoms with E-state index in [9.17, 15) is 19.4 Å². The zero-order chi connectivity index (χ0) is 56.3. The number of rotatable bonds is 53. The summed E-state index contributed by atoms with van der Waals surface area (Å²) in [5.41, 5.74) is 0. The summed E-state index contributed by atoms with van der Waals surface area (Å²) in [5.74, 6) is -0.240. The van der Waals surface area contributed by atoms with E-state index in [0.717, 1.165) is 103 Å². The van der Waals surface area contributed by atoms with Crippen molar-refractivity contribution in [2.45, 2.75) is 225 Å². The van der Waals surface area contributed by atoms with Crippen LogP contribution in [0.4, 0.5) is 0 Å². The van der Waals surface area contributed by atoms with Crippen LogP contribution in [0.3, 0.4) is 0 Å². The van der Waals surface area contributed by atoms with Crippen molar-refractivity contribution in [1.82, 2.24) is 5.32 Å². The molecule has 3 unspecified atom stereocenters. The Morgan fingerprint density at radius 1 is 0.455 bits per heavy atom. The molecule has 1 amide bonds. The zero-order valence-corrected chi connectivity index (χ0v) is 50.5. The van der Waals surface area contributed by atoms with Crippen molar-refractivity contribution in [3.05, 3.63) is 158 Å². The SMILES string of the molecule is CC/C=C\C/C=C\C/C=C\C/C=C\C/C=C\C/C=C\C/C=C\C/C=C\C/C=C\C/C=C\CCCCC(=O)NC(COP(=O)(O)OCC[N+](C)(C)C)C(O)/C=C/CC/C=C/CC/C=C/CCCCCCCCCCCCCC. The molecule has 0 saturated heterocycles. The van der Waals surface area contributed by atoms with Gasteiger partial charge in [-0.1, -0.05) is 242 Å². The minimum Gasteiger partial charge on any atom is -0.387 e. The number of carbonyl (C=O) groups excluding carboxylic acids is 1. The van der Waals surface area contributed by atoms with Crippen molar-refractivity contribution in [2.75, 3.05) is 40.9 Å². The molecule has 0 aliphatic heterocycles. The molecule has 0 fully saturated rings. The maximum absolute atomic E-state index is 13.0. The van der Waals surface area contributed by atoms with E-state index in [-0.39, 0.29) is 25.5 Å². The van der Waals surface area contributed by atoms with Crippen LogP contribution in [0.2, 0.25) is 0 Å². The van der Waals surface area contributed by atoms with Gasteiger partial charge in [0.25, 0.3) is 0 Å². The van der Waals surface area contributed by atoms with Gasteiger partial charge in [-0.25, -0.2) is 4.57 Å². The maximum atomic E-state index is 13.0. The number of aliphatic hydroxyl groups excluding tert-OH is 1. The molecule has 0 aromatic carbocycles. The predicted octanol–water partition coefficient (Wildman–Crippen LogP) is 19.0. The van der Waals surface area contributed by atoms with E-state index in [4.69, 9.17) is 9.05 Å². The Hall–Kier alpha value is -3.88. The molecule has 0 spiro atoms. The molecule has 0 heterocycles. The van der Waals surface area contributed by atoms with Gasteiger partial charge in [0.2, 0.25) is 5.91 Å². The summed E-state index contributed by atoms with van der Waals surface area (Å²) in [5, 5.41) is 13.9. The number of hydrogen-bond donors (Lipinski definition) is 3. The second kappa shape index (κ2) is 56.8. The molecule has 436 valence electrons. The molecule has 0 aromatic rings. The fourth-order valence-corrected chi connectivity index (χ4v) is 8.48. The number of hydrogen-bond acceptors (Lipinski definition) is 5. The standard InChI is InChI=1S/C68H113N2O6P/c1-6-8-10-12-14-16-18-20-22-24-26-28-30-31-32-33-34-35-36-37-38-39-40-42-44-46-48-50-52-54-56-58-60-62-68(72)69-66(65-76-77(73,74)75-64-63-70(3,4)5)67(71)61-59-57-55-53-51-49-47-45-43-41-29-27-25-23-21-19-17-15-13-11-9-7-2/h8,10,14,16,20,22,26,28,31-32,34-35,37-38,40,42-43,45-46,48,51-54,59,61,66-67,71H,6-7,9,11-13,15,17-19,21,23-25,27,29-30,33,36,39,41,44,47,49-50,55-58,60,62-65H2,1-5H3,(H-,69,72,73,74)/p+1/b10-8-,16-14-,22-20-,28-26-,32-31-,35-34-,38-37-,42-40-,45-43+,48-46-,53-51+,54-52-,61-59+. The average molecular weight is 1090 g/mol. The predicted molar refractivity (Wildman–Crippen MR) is 336 cm³/mol. The molecule has 8 nitrogen and oxygen atoms in total. The number of allylic oxidation sites excluding steroid dienone is 25. The Morgan fingerprint density at radius 3 is 1.19 bits per heavy atom. The molecule has 0 aliphatic rings. The first-order valence-electron chi connectivity index (χ1n) is 30.4. The summed E-state index contributed by atoms with van der Waals surface area (Å²) >= 11 is 0. The Balaban J connectivity index is 4.40. The fraction of sp³-hybridized carbons (Fsp3) is 0.603. The summed E-state index contributed by atoms with van der Waals surface area (Å²) in [4.78, 5) is 23.3. The van der Waals surface area contributed by atoms with Gasteiger partial charge < -0.3 is 19.8 Å². The van der Waals surface area contributed by atoms with Gasteiger partial charge in [0, 0.05) is 6.42 Å². The zero-order valence-electron chi connectivity index (χ0n) is 49.6. The summed E-state index contributed by atoms with van der Waals surface area (Å²) in [6, 6.07) is -0.907. The highest BCUT2D eigenvalue weighted by atomic mass is 31.2. The Kier molecular flexibility index (Phi) is 54.0. The lowest BCUT2D eigenvalue weighted by atomic mass is 10.0. The van der Waals surface area contributed by atoms with Crippen molar-refractivity contribution in [3.63, 3.8) is 0 Å². The van der Waals surface area contributed by atoms with Crippen molar-refractivity contribution in [2.24, 2.45) is 0 Å². The van der Waals surface area contributed by atoms with E-state index in [0.29, 0.717) is 17.4 Å². The topological polar surface area (TPSA) is 105 Å². The van der Waals surface area contributed by atoms with Crippen LogP contribution in [-0.4, -0.2) is 73.4 Å². The lowest BCUT2D eigenvalue weighted by Crippen LogP contribution is -2.45. The average Bonchev–Trinajstić information content (AvgIpc) is 3.39.